The number of thiazole rings is 1. The van der Waals surface area contributed by atoms with E-state index in [4.69, 9.17) is 11.5 Å². The van der Waals surface area contributed by atoms with Gasteiger partial charge in [0.1, 0.15) is 5.01 Å². The molecule has 0 fully saturated rings. The van der Waals surface area contributed by atoms with Crippen LogP contribution in [0.4, 0.5) is 0 Å². The quantitative estimate of drug-likeness (QED) is 0.641. The molecular formula is C12H14N4S. The van der Waals surface area contributed by atoms with E-state index in [-0.39, 0.29) is 5.96 Å². The molecule has 17 heavy (non-hydrogen) atoms. The van der Waals surface area contributed by atoms with Gasteiger partial charge in [0, 0.05) is 10.4 Å². The summed E-state index contributed by atoms with van der Waals surface area (Å²) in [6.07, 6.45) is 0. The SMILES string of the molecule is Cc1nc(-c2ccccc2)sc1CN=C(N)N. The van der Waals surface area contributed by atoms with Gasteiger partial charge in [-0.15, -0.1) is 11.3 Å². The van der Waals surface area contributed by atoms with Crippen molar-refractivity contribution in [3.63, 3.8) is 0 Å². The molecule has 2 aromatic rings. The molecule has 0 aliphatic carbocycles. The van der Waals surface area contributed by atoms with Crippen LogP contribution in [0.15, 0.2) is 35.3 Å². The molecule has 2 rings (SSSR count). The Morgan fingerprint density at radius 1 is 1.29 bits per heavy atom. The molecule has 0 aliphatic heterocycles. The molecule has 88 valence electrons. The highest BCUT2D eigenvalue weighted by atomic mass is 32.1. The van der Waals surface area contributed by atoms with E-state index in [2.05, 4.69) is 9.98 Å². The monoisotopic (exact) mass is 246 g/mol. The first-order valence-corrected chi connectivity index (χ1v) is 6.05. The van der Waals surface area contributed by atoms with Crippen LogP contribution in [-0.4, -0.2) is 10.9 Å². The molecule has 1 heterocycles. The van der Waals surface area contributed by atoms with Gasteiger partial charge < -0.3 is 11.5 Å². The molecule has 0 saturated heterocycles. The lowest BCUT2D eigenvalue weighted by Crippen LogP contribution is -2.22. The molecule has 0 spiro atoms. The van der Waals surface area contributed by atoms with E-state index in [1.54, 1.807) is 11.3 Å². The third-order valence-electron chi connectivity index (χ3n) is 2.32. The number of aromatic nitrogens is 1. The van der Waals surface area contributed by atoms with E-state index in [0.717, 1.165) is 21.1 Å². The van der Waals surface area contributed by atoms with Crippen molar-refractivity contribution < 1.29 is 0 Å². The summed E-state index contributed by atoms with van der Waals surface area (Å²) in [5.41, 5.74) is 12.7. The second-order valence-corrected chi connectivity index (χ2v) is 4.72. The van der Waals surface area contributed by atoms with E-state index < -0.39 is 0 Å². The van der Waals surface area contributed by atoms with Crippen LogP contribution in [0.25, 0.3) is 10.6 Å². The average molecular weight is 246 g/mol. The third-order valence-corrected chi connectivity index (χ3v) is 3.51. The molecule has 0 bridgehead atoms. The van der Waals surface area contributed by atoms with Crippen LogP contribution in [0, 0.1) is 6.92 Å². The van der Waals surface area contributed by atoms with Crippen LogP contribution in [0.2, 0.25) is 0 Å². The molecule has 0 unspecified atom stereocenters. The summed E-state index contributed by atoms with van der Waals surface area (Å²) in [7, 11) is 0. The maximum absolute atomic E-state index is 5.32. The largest absolute Gasteiger partial charge is 0.370 e. The number of hydrogen-bond acceptors (Lipinski definition) is 3. The standard InChI is InChI=1S/C12H14N4S/c1-8-10(7-15-12(13)14)17-11(16-8)9-5-3-2-4-6-9/h2-6H,7H2,1H3,(H4,13,14,15). The van der Waals surface area contributed by atoms with E-state index >= 15 is 0 Å². The topological polar surface area (TPSA) is 77.3 Å². The van der Waals surface area contributed by atoms with Gasteiger partial charge in [0.05, 0.1) is 12.2 Å². The van der Waals surface area contributed by atoms with Crippen LogP contribution in [0.3, 0.4) is 0 Å². The zero-order chi connectivity index (χ0) is 12.3. The number of aryl methyl sites for hydroxylation is 1. The van der Waals surface area contributed by atoms with Crippen molar-refractivity contribution in [2.24, 2.45) is 16.5 Å². The summed E-state index contributed by atoms with van der Waals surface area (Å²) in [5.74, 6) is 0.110. The van der Waals surface area contributed by atoms with Gasteiger partial charge in [0.15, 0.2) is 5.96 Å². The fraction of sp³-hybridized carbons (Fsp3) is 0.167. The minimum Gasteiger partial charge on any atom is -0.370 e. The Morgan fingerprint density at radius 3 is 2.65 bits per heavy atom. The van der Waals surface area contributed by atoms with Crippen molar-refractivity contribution >= 4 is 17.3 Å². The van der Waals surface area contributed by atoms with Crippen molar-refractivity contribution in [2.75, 3.05) is 0 Å². The van der Waals surface area contributed by atoms with Gasteiger partial charge >= 0.3 is 0 Å². The molecule has 0 aliphatic rings. The van der Waals surface area contributed by atoms with Gasteiger partial charge in [-0.1, -0.05) is 30.3 Å². The number of hydrogen-bond donors (Lipinski definition) is 2. The fourth-order valence-electron chi connectivity index (χ4n) is 1.44. The molecule has 0 radical (unpaired) electrons. The summed E-state index contributed by atoms with van der Waals surface area (Å²) in [4.78, 5) is 9.63. The van der Waals surface area contributed by atoms with Crippen molar-refractivity contribution in [2.45, 2.75) is 13.5 Å². The van der Waals surface area contributed by atoms with Crippen LogP contribution < -0.4 is 11.5 Å². The second kappa shape index (κ2) is 4.97. The fourth-order valence-corrected chi connectivity index (χ4v) is 2.43. The van der Waals surface area contributed by atoms with Crippen molar-refractivity contribution in [3.05, 3.63) is 40.9 Å². The summed E-state index contributed by atoms with van der Waals surface area (Å²) < 4.78 is 0. The van der Waals surface area contributed by atoms with Crippen molar-refractivity contribution in [3.8, 4) is 10.6 Å². The Kier molecular flexibility index (Phi) is 3.39. The first kappa shape index (κ1) is 11.6. The molecule has 1 aromatic heterocycles. The first-order valence-electron chi connectivity index (χ1n) is 5.24. The van der Waals surface area contributed by atoms with Crippen LogP contribution >= 0.6 is 11.3 Å². The number of aliphatic imine (C=N–C) groups is 1. The smallest absolute Gasteiger partial charge is 0.186 e. The average Bonchev–Trinajstić information content (AvgIpc) is 2.69. The number of nitrogens with two attached hydrogens (primary N) is 2. The Hall–Kier alpha value is -1.88. The van der Waals surface area contributed by atoms with E-state index in [9.17, 15) is 0 Å². The van der Waals surface area contributed by atoms with Crippen LogP contribution in [0.1, 0.15) is 10.6 Å². The molecule has 5 heteroatoms. The Labute approximate surface area is 104 Å². The lowest BCUT2D eigenvalue weighted by Gasteiger charge is -1.93. The number of benzene rings is 1. The van der Waals surface area contributed by atoms with E-state index in [1.807, 2.05) is 37.3 Å². The van der Waals surface area contributed by atoms with Crippen molar-refractivity contribution in [1.82, 2.24) is 4.98 Å². The maximum atomic E-state index is 5.32. The summed E-state index contributed by atoms with van der Waals surface area (Å²) >= 11 is 1.63. The van der Waals surface area contributed by atoms with Crippen LogP contribution in [-0.2, 0) is 6.54 Å². The van der Waals surface area contributed by atoms with E-state index in [0.29, 0.717) is 6.54 Å². The van der Waals surface area contributed by atoms with Gasteiger partial charge in [-0.3, -0.25) is 0 Å². The predicted octanol–water partition coefficient (Wildman–Crippen LogP) is 1.89. The minimum absolute atomic E-state index is 0.110. The summed E-state index contributed by atoms with van der Waals surface area (Å²) in [6, 6.07) is 10.1. The molecule has 4 nitrogen and oxygen atoms in total. The predicted molar refractivity (Wildman–Crippen MR) is 71.8 cm³/mol. The number of guanidine groups is 1. The lowest BCUT2D eigenvalue weighted by atomic mass is 10.2. The second-order valence-electron chi connectivity index (χ2n) is 3.63. The van der Waals surface area contributed by atoms with Gasteiger partial charge in [0.25, 0.3) is 0 Å². The molecule has 0 amide bonds. The maximum Gasteiger partial charge on any atom is 0.186 e. The summed E-state index contributed by atoms with van der Waals surface area (Å²) in [6.45, 7) is 2.47. The molecule has 4 N–H and O–H groups in total. The lowest BCUT2D eigenvalue weighted by molar-refractivity contribution is 1.05. The Bertz CT molecular complexity index is 527. The Morgan fingerprint density at radius 2 is 2.00 bits per heavy atom. The third kappa shape index (κ3) is 2.82. The highest BCUT2D eigenvalue weighted by molar-refractivity contribution is 7.15. The van der Waals surface area contributed by atoms with Crippen LogP contribution in [0.5, 0.6) is 0 Å². The minimum atomic E-state index is 0.110. The van der Waals surface area contributed by atoms with Gasteiger partial charge in [-0.2, -0.15) is 0 Å². The number of rotatable bonds is 3. The van der Waals surface area contributed by atoms with Gasteiger partial charge in [0.2, 0.25) is 0 Å². The number of nitrogens with zero attached hydrogens (tertiary/aromatic N) is 2. The molecule has 1 aromatic carbocycles. The van der Waals surface area contributed by atoms with Gasteiger partial charge in [-0.05, 0) is 6.92 Å². The highest BCUT2D eigenvalue weighted by Crippen LogP contribution is 2.27. The zero-order valence-corrected chi connectivity index (χ0v) is 10.4. The highest BCUT2D eigenvalue weighted by Gasteiger charge is 2.08. The van der Waals surface area contributed by atoms with Gasteiger partial charge in [-0.25, -0.2) is 9.98 Å². The Balaban J connectivity index is 2.28. The zero-order valence-electron chi connectivity index (χ0n) is 9.55. The molecular weight excluding hydrogens is 232 g/mol. The van der Waals surface area contributed by atoms with E-state index in [1.165, 1.54) is 0 Å². The molecule has 0 saturated carbocycles. The van der Waals surface area contributed by atoms with Crippen molar-refractivity contribution in [1.29, 1.82) is 0 Å². The summed E-state index contributed by atoms with van der Waals surface area (Å²) in [5, 5.41) is 1.00. The first-order chi connectivity index (χ1) is 8.16. The normalized spacial score (nSPS) is 10.2. The molecule has 0 atom stereocenters.